The third kappa shape index (κ3) is 3.85. The number of hydrogen-bond acceptors (Lipinski definition) is 2. The number of nitrogens with one attached hydrogen (secondary N) is 2. The first-order valence-corrected chi connectivity index (χ1v) is 8.05. The van der Waals surface area contributed by atoms with Crippen LogP contribution in [-0.4, -0.2) is 10.1 Å². The predicted molar refractivity (Wildman–Crippen MR) is 102 cm³/mol. The maximum absolute atomic E-state index is 5.38. The Labute approximate surface area is 141 Å². The largest absolute Gasteiger partial charge is 0.332 e. The van der Waals surface area contributed by atoms with E-state index >= 15 is 0 Å². The molecule has 3 nitrogen and oxygen atoms in total. The normalized spacial score (nSPS) is 10.7. The van der Waals surface area contributed by atoms with Crippen LogP contribution in [0.15, 0.2) is 60.8 Å². The molecule has 0 fully saturated rings. The van der Waals surface area contributed by atoms with Crippen molar-refractivity contribution < 1.29 is 0 Å². The van der Waals surface area contributed by atoms with Gasteiger partial charge in [0.2, 0.25) is 0 Å². The van der Waals surface area contributed by atoms with Gasteiger partial charge in [-0.2, -0.15) is 0 Å². The van der Waals surface area contributed by atoms with Crippen LogP contribution in [0.2, 0.25) is 0 Å². The molecule has 0 spiro atoms. The second-order valence-corrected chi connectivity index (χ2v) is 6.18. The molecule has 0 aliphatic rings. The highest BCUT2D eigenvalue weighted by molar-refractivity contribution is 7.80. The Kier molecular flexibility index (Phi) is 4.53. The zero-order valence-electron chi connectivity index (χ0n) is 13.2. The van der Waals surface area contributed by atoms with Crippen LogP contribution < -0.4 is 10.6 Å². The van der Waals surface area contributed by atoms with Crippen molar-refractivity contribution in [3.05, 3.63) is 66.4 Å². The van der Waals surface area contributed by atoms with E-state index in [0.717, 1.165) is 22.3 Å². The number of nitrogens with zero attached hydrogens (tertiary/aromatic N) is 1. The predicted octanol–water partition coefficient (Wildman–Crippen LogP) is 5.17. The Morgan fingerprint density at radius 2 is 1.65 bits per heavy atom. The lowest BCUT2D eigenvalue weighted by molar-refractivity contribution is 0.867. The van der Waals surface area contributed by atoms with Crippen molar-refractivity contribution in [1.29, 1.82) is 0 Å². The molecular formula is C19H19N3S. The van der Waals surface area contributed by atoms with Gasteiger partial charge in [0.05, 0.1) is 17.4 Å². The first kappa shape index (κ1) is 15.4. The molecule has 2 aromatic carbocycles. The highest BCUT2D eigenvalue weighted by atomic mass is 32.1. The SMILES string of the molecule is CC(C)c1ccc(NC(=S)Nc2cnc3ccccc3c2)cc1. The summed E-state index contributed by atoms with van der Waals surface area (Å²) in [6.45, 7) is 4.36. The molecule has 116 valence electrons. The van der Waals surface area contributed by atoms with E-state index in [9.17, 15) is 0 Å². The van der Waals surface area contributed by atoms with Gasteiger partial charge >= 0.3 is 0 Å². The fraction of sp³-hybridized carbons (Fsp3) is 0.158. The number of fused-ring (bicyclic) bond motifs is 1. The minimum absolute atomic E-state index is 0.526. The average molecular weight is 321 g/mol. The molecule has 0 saturated heterocycles. The average Bonchev–Trinajstić information content (AvgIpc) is 2.55. The summed E-state index contributed by atoms with van der Waals surface area (Å²) in [5, 5.41) is 8.01. The standard InChI is InChI=1S/C19H19N3S/c1-13(2)14-7-9-16(10-8-14)21-19(23)22-17-11-15-5-3-4-6-18(15)20-12-17/h3-13H,1-2H3,(H2,21,22,23). The van der Waals surface area contributed by atoms with E-state index in [4.69, 9.17) is 12.2 Å². The van der Waals surface area contributed by atoms with Gasteiger partial charge in [0.25, 0.3) is 0 Å². The molecule has 0 amide bonds. The summed E-state index contributed by atoms with van der Waals surface area (Å²) in [4.78, 5) is 4.42. The molecule has 23 heavy (non-hydrogen) atoms. The molecule has 0 atom stereocenters. The van der Waals surface area contributed by atoms with Crippen LogP contribution in [0.3, 0.4) is 0 Å². The molecule has 0 unspecified atom stereocenters. The number of para-hydroxylation sites is 1. The lowest BCUT2D eigenvalue weighted by atomic mass is 10.0. The maximum atomic E-state index is 5.38. The molecule has 3 aromatic rings. The van der Waals surface area contributed by atoms with E-state index in [-0.39, 0.29) is 0 Å². The van der Waals surface area contributed by atoms with Gasteiger partial charge in [0, 0.05) is 11.1 Å². The second kappa shape index (κ2) is 6.75. The van der Waals surface area contributed by atoms with Crippen LogP contribution in [0, 0.1) is 0 Å². The van der Waals surface area contributed by atoms with Crippen molar-refractivity contribution in [2.24, 2.45) is 0 Å². The van der Waals surface area contributed by atoms with Gasteiger partial charge in [-0.05, 0) is 48.0 Å². The van der Waals surface area contributed by atoms with Gasteiger partial charge < -0.3 is 10.6 Å². The summed E-state index contributed by atoms with van der Waals surface area (Å²) in [5.41, 5.74) is 4.13. The number of pyridine rings is 1. The summed E-state index contributed by atoms with van der Waals surface area (Å²) in [6.07, 6.45) is 1.79. The van der Waals surface area contributed by atoms with Gasteiger partial charge in [-0.1, -0.05) is 44.2 Å². The van der Waals surface area contributed by atoms with E-state index in [0.29, 0.717) is 11.0 Å². The molecule has 2 N–H and O–H groups in total. The topological polar surface area (TPSA) is 37.0 Å². The van der Waals surface area contributed by atoms with E-state index in [1.807, 2.05) is 42.5 Å². The van der Waals surface area contributed by atoms with Crippen molar-refractivity contribution >= 4 is 39.6 Å². The molecule has 0 saturated carbocycles. The minimum Gasteiger partial charge on any atom is -0.332 e. The van der Waals surface area contributed by atoms with Crippen molar-refractivity contribution in [3.63, 3.8) is 0 Å². The number of rotatable bonds is 3. The maximum Gasteiger partial charge on any atom is 0.175 e. The number of thiocarbonyl (C=S) groups is 1. The molecule has 0 aliphatic carbocycles. The van der Waals surface area contributed by atoms with Crippen molar-refractivity contribution in [1.82, 2.24) is 4.98 Å². The summed E-state index contributed by atoms with van der Waals surface area (Å²) in [5.74, 6) is 0.526. The van der Waals surface area contributed by atoms with Crippen LogP contribution in [0.5, 0.6) is 0 Å². The number of anilines is 2. The van der Waals surface area contributed by atoms with Crippen LogP contribution in [0.25, 0.3) is 10.9 Å². The quantitative estimate of drug-likeness (QED) is 0.653. The summed E-state index contributed by atoms with van der Waals surface area (Å²) in [6, 6.07) is 18.4. The van der Waals surface area contributed by atoms with Crippen LogP contribution in [0.1, 0.15) is 25.3 Å². The zero-order valence-corrected chi connectivity index (χ0v) is 14.0. The number of hydrogen-bond donors (Lipinski definition) is 2. The lowest BCUT2D eigenvalue weighted by Crippen LogP contribution is -2.19. The molecule has 0 radical (unpaired) electrons. The first-order valence-electron chi connectivity index (χ1n) is 7.64. The van der Waals surface area contributed by atoms with Gasteiger partial charge in [-0.15, -0.1) is 0 Å². The molecule has 0 aliphatic heterocycles. The Hall–Kier alpha value is -2.46. The second-order valence-electron chi connectivity index (χ2n) is 5.77. The molecule has 1 heterocycles. The van der Waals surface area contributed by atoms with Gasteiger partial charge in [-0.25, -0.2) is 0 Å². The fourth-order valence-corrected chi connectivity index (χ4v) is 2.62. The Balaban J connectivity index is 1.68. The smallest absolute Gasteiger partial charge is 0.175 e. The Bertz CT molecular complexity index is 825. The Morgan fingerprint density at radius 1 is 0.957 bits per heavy atom. The molecule has 1 aromatic heterocycles. The first-order chi connectivity index (χ1) is 11.1. The highest BCUT2D eigenvalue weighted by Gasteiger charge is 2.02. The van der Waals surface area contributed by atoms with Gasteiger partial charge in [-0.3, -0.25) is 4.98 Å². The van der Waals surface area contributed by atoms with Crippen LogP contribution >= 0.6 is 12.2 Å². The van der Waals surface area contributed by atoms with Crippen LogP contribution in [-0.2, 0) is 0 Å². The number of benzene rings is 2. The van der Waals surface area contributed by atoms with E-state index < -0.39 is 0 Å². The van der Waals surface area contributed by atoms with Gasteiger partial charge in [0.1, 0.15) is 0 Å². The molecular weight excluding hydrogens is 302 g/mol. The minimum atomic E-state index is 0.526. The van der Waals surface area contributed by atoms with Crippen molar-refractivity contribution in [2.75, 3.05) is 10.6 Å². The monoisotopic (exact) mass is 321 g/mol. The summed E-state index contributed by atoms with van der Waals surface area (Å²) in [7, 11) is 0. The summed E-state index contributed by atoms with van der Waals surface area (Å²) < 4.78 is 0. The summed E-state index contributed by atoms with van der Waals surface area (Å²) >= 11 is 5.38. The van der Waals surface area contributed by atoms with Crippen molar-refractivity contribution in [2.45, 2.75) is 19.8 Å². The van der Waals surface area contributed by atoms with E-state index in [2.05, 4.69) is 41.6 Å². The Morgan fingerprint density at radius 3 is 2.39 bits per heavy atom. The van der Waals surface area contributed by atoms with E-state index in [1.165, 1.54) is 5.56 Å². The third-order valence-corrected chi connectivity index (χ3v) is 3.89. The van der Waals surface area contributed by atoms with E-state index in [1.54, 1.807) is 6.20 Å². The zero-order chi connectivity index (χ0) is 16.2. The van der Waals surface area contributed by atoms with Crippen molar-refractivity contribution in [3.8, 4) is 0 Å². The van der Waals surface area contributed by atoms with Gasteiger partial charge in [0.15, 0.2) is 5.11 Å². The fourth-order valence-electron chi connectivity index (χ4n) is 2.38. The highest BCUT2D eigenvalue weighted by Crippen LogP contribution is 2.18. The van der Waals surface area contributed by atoms with Crippen LogP contribution in [0.4, 0.5) is 11.4 Å². The molecule has 3 rings (SSSR count). The molecule has 0 bridgehead atoms. The molecule has 4 heteroatoms. The lowest BCUT2D eigenvalue weighted by Gasteiger charge is -2.12. The number of aromatic nitrogens is 1. The third-order valence-electron chi connectivity index (χ3n) is 3.68.